The van der Waals surface area contributed by atoms with Crippen LogP contribution in [0, 0.1) is 5.82 Å². The number of halogens is 1. The molecule has 0 saturated carbocycles. The van der Waals surface area contributed by atoms with Crippen LogP contribution in [0.5, 0.6) is 0 Å². The van der Waals surface area contributed by atoms with Crippen molar-refractivity contribution >= 4 is 5.91 Å². The van der Waals surface area contributed by atoms with Gasteiger partial charge >= 0.3 is 0 Å². The second-order valence-corrected chi connectivity index (χ2v) is 4.95. The van der Waals surface area contributed by atoms with Gasteiger partial charge in [0.2, 0.25) is 5.82 Å². The normalized spacial score (nSPS) is 10.5. The summed E-state index contributed by atoms with van der Waals surface area (Å²) in [5, 5.41) is 11.7. The maximum atomic E-state index is 12.9. The number of hydroxylamine groups is 1. The molecule has 0 atom stereocenters. The Bertz CT molecular complexity index is 805. The van der Waals surface area contributed by atoms with Crippen molar-refractivity contribution in [2.24, 2.45) is 0 Å². The zero-order valence-electron chi connectivity index (χ0n) is 12.6. The van der Waals surface area contributed by atoms with Crippen molar-refractivity contribution < 1.29 is 14.0 Å². The summed E-state index contributed by atoms with van der Waals surface area (Å²) in [4.78, 5) is 18.0. The Morgan fingerprint density at radius 3 is 2.62 bits per heavy atom. The summed E-state index contributed by atoms with van der Waals surface area (Å²) in [5.41, 5.74) is 3.87. The van der Waals surface area contributed by atoms with Crippen LogP contribution in [0.3, 0.4) is 0 Å². The summed E-state index contributed by atoms with van der Waals surface area (Å²) in [6.45, 7) is 0.126. The van der Waals surface area contributed by atoms with E-state index in [-0.39, 0.29) is 19.0 Å². The SMILES string of the molecule is O=C(Cn1nnc(-c2ccc(F)cc2)n1)NOCc1ccccc1. The van der Waals surface area contributed by atoms with Crippen LogP contribution in [-0.2, 0) is 22.8 Å². The lowest BCUT2D eigenvalue weighted by molar-refractivity contribution is -0.135. The van der Waals surface area contributed by atoms with E-state index >= 15 is 0 Å². The summed E-state index contributed by atoms with van der Waals surface area (Å²) in [6, 6.07) is 15.1. The molecule has 0 unspecified atom stereocenters. The highest BCUT2D eigenvalue weighted by molar-refractivity contribution is 5.74. The van der Waals surface area contributed by atoms with Crippen molar-refractivity contribution in [1.82, 2.24) is 25.7 Å². The van der Waals surface area contributed by atoms with Crippen molar-refractivity contribution in [2.45, 2.75) is 13.2 Å². The molecule has 0 aliphatic rings. The molecule has 0 radical (unpaired) electrons. The summed E-state index contributed by atoms with van der Waals surface area (Å²) in [7, 11) is 0. The third kappa shape index (κ3) is 4.20. The molecule has 24 heavy (non-hydrogen) atoms. The number of nitrogens with zero attached hydrogens (tertiary/aromatic N) is 4. The average molecular weight is 327 g/mol. The number of hydrogen-bond donors (Lipinski definition) is 1. The lowest BCUT2D eigenvalue weighted by Crippen LogP contribution is -2.28. The van der Waals surface area contributed by atoms with Crippen molar-refractivity contribution in [2.75, 3.05) is 0 Å². The van der Waals surface area contributed by atoms with Gasteiger partial charge in [0, 0.05) is 5.56 Å². The largest absolute Gasteiger partial charge is 0.271 e. The van der Waals surface area contributed by atoms with E-state index in [2.05, 4.69) is 20.9 Å². The fraction of sp³-hybridized carbons (Fsp3) is 0.125. The summed E-state index contributed by atoms with van der Waals surface area (Å²) < 4.78 is 12.9. The predicted octanol–water partition coefficient (Wildman–Crippen LogP) is 1.73. The molecule has 1 amide bonds. The number of carbonyl (C=O) groups is 1. The quantitative estimate of drug-likeness (QED) is 0.697. The minimum Gasteiger partial charge on any atom is -0.271 e. The third-order valence-electron chi connectivity index (χ3n) is 3.11. The van der Waals surface area contributed by atoms with E-state index in [1.54, 1.807) is 12.1 Å². The van der Waals surface area contributed by atoms with Crippen molar-refractivity contribution in [3.8, 4) is 11.4 Å². The fourth-order valence-electron chi connectivity index (χ4n) is 1.96. The van der Waals surface area contributed by atoms with Gasteiger partial charge in [-0.25, -0.2) is 9.87 Å². The molecule has 0 aliphatic carbocycles. The first-order valence-electron chi connectivity index (χ1n) is 7.19. The molecule has 0 aliphatic heterocycles. The first-order chi connectivity index (χ1) is 11.7. The zero-order chi connectivity index (χ0) is 16.8. The number of nitrogens with one attached hydrogen (secondary N) is 1. The Labute approximate surface area is 137 Å². The second-order valence-electron chi connectivity index (χ2n) is 4.95. The van der Waals surface area contributed by atoms with E-state index in [1.807, 2.05) is 30.3 Å². The molecule has 0 spiro atoms. The molecule has 3 rings (SSSR count). The van der Waals surface area contributed by atoms with Crippen LogP contribution in [0.4, 0.5) is 4.39 Å². The maximum absolute atomic E-state index is 12.9. The summed E-state index contributed by atoms with van der Waals surface area (Å²) in [6.07, 6.45) is 0. The monoisotopic (exact) mass is 327 g/mol. The summed E-state index contributed by atoms with van der Waals surface area (Å²) in [5.74, 6) is -0.442. The molecule has 0 fully saturated rings. The highest BCUT2D eigenvalue weighted by Crippen LogP contribution is 2.13. The molecule has 3 aromatic rings. The van der Waals surface area contributed by atoms with Crippen LogP contribution in [0.2, 0.25) is 0 Å². The van der Waals surface area contributed by atoms with E-state index in [0.29, 0.717) is 11.4 Å². The molecule has 122 valence electrons. The highest BCUT2D eigenvalue weighted by Gasteiger charge is 2.09. The second kappa shape index (κ2) is 7.42. The van der Waals surface area contributed by atoms with Crippen LogP contribution < -0.4 is 5.48 Å². The number of carbonyl (C=O) groups excluding carboxylic acids is 1. The number of tetrazole rings is 1. The van der Waals surface area contributed by atoms with Crippen molar-refractivity contribution in [3.05, 3.63) is 66.0 Å². The van der Waals surface area contributed by atoms with Crippen molar-refractivity contribution in [3.63, 3.8) is 0 Å². The molecule has 1 N–H and O–H groups in total. The summed E-state index contributed by atoms with van der Waals surface area (Å²) >= 11 is 0. The number of amides is 1. The van der Waals surface area contributed by atoms with E-state index in [9.17, 15) is 9.18 Å². The van der Waals surface area contributed by atoms with Crippen LogP contribution >= 0.6 is 0 Å². The van der Waals surface area contributed by atoms with Gasteiger partial charge in [-0.05, 0) is 35.0 Å². The highest BCUT2D eigenvalue weighted by atomic mass is 19.1. The fourth-order valence-corrected chi connectivity index (χ4v) is 1.96. The Morgan fingerprint density at radius 1 is 1.12 bits per heavy atom. The minimum absolute atomic E-state index is 0.136. The van der Waals surface area contributed by atoms with Gasteiger partial charge < -0.3 is 0 Å². The molecule has 1 aromatic heterocycles. The lowest BCUT2D eigenvalue weighted by Gasteiger charge is -2.05. The maximum Gasteiger partial charge on any atom is 0.267 e. The Hall–Kier alpha value is -3.13. The van der Waals surface area contributed by atoms with Gasteiger partial charge in [-0.2, -0.15) is 4.80 Å². The van der Waals surface area contributed by atoms with Crippen LogP contribution in [0.25, 0.3) is 11.4 Å². The predicted molar refractivity (Wildman–Crippen MR) is 82.6 cm³/mol. The molecule has 2 aromatic carbocycles. The zero-order valence-corrected chi connectivity index (χ0v) is 12.6. The Balaban J connectivity index is 1.51. The third-order valence-corrected chi connectivity index (χ3v) is 3.11. The van der Waals surface area contributed by atoms with Gasteiger partial charge in [0.25, 0.3) is 5.91 Å². The molecular formula is C16H14FN5O2. The molecule has 1 heterocycles. The number of rotatable bonds is 6. The molecular weight excluding hydrogens is 313 g/mol. The van der Waals surface area contributed by atoms with Gasteiger partial charge in [0.1, 0.15) is 12.4 Å². The van der Waals surface area contributed by atoms with Crippen molar-refractivity contribution in [1.29, 1.82) is 0 Å². The number of benzene rings is 2. The van der Waals surface area contributed by atoms with Gasteiger partial charge in [0.05, 0.1) is 6.61 Å². The molecule has 0 saturated heterocycles. The standard InChI is InChI=1S/C16H14FN5O2/c17-14-8-6-13(7-9-14)16-18-21-22(19-16)10-15(23)20-24-11-12-4-2-1-3-5-12/h1-9H,10-11H2,(H,20,23). The smallest absolute Gasteiger partial charge is 0.267 e. The van der Waals surface area contributed by atoms with Gasteiger partial charge in [0.15, 0.2) is 0 Å². The Kier molecular flexibility index (Phi) is 4.87. The topological polar surface area (TPSA) is 81.9 Å². The lowest BCUT2D eigenvalue weighted by atomic mass is 10.2. The van der Waals surface area contributed by atoms with E-state index in [4.69, 9.17) is 4.84 Å². The number of hydrogen-bond acceptors (Lipinski definition) is 5. The van der Waals surface area contributed by atoms with E-state index in [0.717, 1.165) is 10.4 Å². The van der Waals surface area contributed by atoms with Gasteiger partial charge in [-0.1, -0.05) is 30.3 Å². The number of aromatic nitrogens is 4. The molecule has 7 nitrogen and oxygen atoms in total. The van der Waals surface area contributed by atoms with Gasteiger partial charge in [-0.3, -0.25) is 9.63 Å². The van der Waals surface area contributed by atoms with Crippen LogP contribution in [0.1, 0.15) is 5.56 Å². The molecule has 0 bridgehead atoms. The van der Waals surface area contributed by atoms with E-state index < -0.39 is 5.91 Å². The Morgan fingerprint density at radius 2 is 1.88 bits per heavy atom. The van der Waals surface area contributed by atoms with Gasteiger partial charge in [-0.15, -0.1) is 10.2 Å². The van der Waals surface area contributed by atoms with Crippen LogP contribution in [-0.4, -0.2) is 26.1 Å². The first kappa shape index (κ1) is 15.8. The van der Waals surface area contributed by atoms with Crippen LogP contribution in [0.15, 0.2) is 54.6 Å². The molecule has 8 heteroatoms. The average Bonchev–Trinajstić information content (AvgIpc) is 3.05. The van der Waals surface area contributed by atoms with E-state index in [1.165, 1.54) is 12.1 Å². The minimum atomic E-state index is -0.408. The first-order valence-corrected chi connectivity index (χ1v) is 7.19.